The normalized spacial score (nSPS) is 19.0. The minimum Gasteiger partial charge on any atom is -0.352 e. The minimum absolute atomic E-state index is 0.316. The average molecular weight is 277 g/mol. The topological polar surface area (TPSA) is 41.9 Å². The lowest BCUT2D eigenvalue weighted by molar-refractivity contribution is 0.475. The van der Waals surface area contributed by atoms with Crippen molar-refractivity contribution in [1.82, 2.24) is 15.2 Å². The van der Waals surface area contributed by atoms with Gasteiger partial charge in [0.25, 0.3) is 0 Å². The summed E-state index contributed by atoms with van der Waals surface area (Å²) < 4.78 is 0. The Bertz CT molecular complexity index is 626. The number of rotatable bonds is 2. The van der Waals surface area contributed by atoms with Gasteiger partial charge in [-0.25, -0.2) is 4.98 Å². The molecule has 1 fully saturated rings. The second-order valence-electron chi connectivity index (χ2n) is 5.45. The minimum atomic E-state index is 0.316. The Balaban J connectivity index is 2.23. The molecule has 0 saturated carbocycles. The first-order valence-electron chi connectivity index (χ1n) is 6.66. The van der Waals surface area contributed by atoms with Crippen LogP contribution >= 0.6 is 11.6 Å². The predicted octanol–water partition coefficient (Wildman–Crippen LogP) is 3.40. The fourth-order valence-electron chi connectivity index (χ4n) is 2.50. The highest BCUT2D eigenvalue weighted by molar-refractivity contribution is 6.30. The molecule has 0 bridgehead atoms. The van der Waals surface area contributed by atoms with Crippen LogP contribution in [0.3, 0.4) is 0 Å². The largest absolute Gasteiger partial charge is 0.352 e. The van der Waals surface area contributed by atoms with Gasteiger partial charge in [0.1, 0.15) is 5.15 Å². The molecule has 4 nitrogen and oxygen atoms in total. The van der Waals surface area contributed by atoms with E-state index >= 15 is 0 Å². The summed E-state index contributed by atoms with van der Waals surface area (Å²) in [6.07, 6.45) is 3.02. The first-order valence-corrected chi connectivity index (χ1v) is 7.04. The van der Waals surface area contributed by atoms with Crippen LogP contribution in [0, 0.1) is 0 Å². The molecule has 100 valence electrons. The van der Waals surface area contributed by atoms with E-state index in [1.165, 1.54) is 6.42 Å². The van der Waals surface area contributed by atoms with E-state index in [-0.39, 0.29) is 0 Å². The highest BCUT2D eigenvalue weighted by Crippen LogP contribution is 2.33. The number of halogens is 1. The van der Waals surface area contributed by atoms with Crippen molar-refractivity contribution in [3.05, 3.63) is 23.1 Å². The molecule has 0 N–H and O–H groups in total. The van der Waals surface area contributed by atoms with Crippen LogP contribution in [0.4, 0.5) is 5.82 Å². The number of aromatic nitrogens is 3. The van der Waals surface area contributed by atoms with Gasteiger partial charge in [0.05, 0.1) is 5.69 Å². The van der Waals surface area contributed by atoms with Crippen molar-refractivity contribution >= 4 is 28.2 Å². The van der Waals surface area contributed by atoms with Crippen molar-refractivity contribution in [2.75, 3.05) is 11.4 Å². The third-order valence-electron chi connectivity index (χ3n) is 3.78. The maximum absolute atomic E-state index is 6.03. The second kappa shape index (κ2) is 4.60. The summed E-state index contributed by atoms with van der Waals surface area (Å²) in [6, 6.07) is 2.42. The lowest BCUT2D eigenvalue weighted by atomic mass is 10.0. The van der Waals surface area contributed by atoms with Crippen molar-refractivity contribution in [2.45, 2.75) is 39.2 Å². The first kappa shape index (κ1) is 12.6. The Hall–Kier alpha value is -1.42. The van der Waals surface area contributed by atoms with Crippen molar-refractivity contribution in [2.24, 2.45) is 0 Å². The fourth-order valence-corrected chi connectivity index (χ4v) is 2.66. The lowest BCUT2D eigenvalue weighted by Gasteiger charge is -2.40. The summed E-state index contributed by atoms with van der Waals surface area (Å²) in [5.41, 5.74) is 0.983. The first-order chi connectivity index (χ1) is 9.08. The Labute approximate surface area is 117 Å². The molecule has 1 atom stereocenters. The molecule has 5 heteroatoms. The van der Waals surface area contributed by atoms with Gasteiger partial charge < -0.3 is 4.90 Å². The zero-order chi connectivity index (χ0) is 13.6. The number of pyridine rings is 1. The third kappa shape index (κ3) is 2.04. The summed E-state index contributed by atoms with van der Waals surface area (Å²) in [5, 5.41) is 11.5. The molecule has 3 rings (SSSR count). The standard InChI is InChI=1S/C14H17ClN4/c1-8(2)13-10-6-12(15)16-7-11(10)14(18-17-13)19-5-4-9(19)3/h6-9H,4-5H2,1-3H3. The third-order valence-corrected chi connectivity index (χ3v) is 3.99. The van der Waals surface area contributed by atoms with Crippen molar-refractivity contribution < 1.29 is 0 Å². The van der Waals surface area contributed by atoms with E-state index < -0.39 is 0 Å². The molecule has 19 heavy (non-hydrogen) atoms. The molecular formula is C14H17ClN4. The van der Waals surface area contributed by atoms with E-state index in [9.17, 15) is 0 Å². The van der Waals surface area contributed by atoms with Gasteiger partial charge in [-0.05, 0) is 25.3 Å². The molecule has 0 spiro atoms. The molecule has 0 amide bonds. The summed E-state index contributed by atoms with van der Waals surface area (Å²) in [7, 11) is 0. The molecule has 3 heterocycles. The summed E-state index contributed by atoms with van der Waals surface area (Å²) >= 11 is 6.03. The van der Waals surface area contributed by atoms with Gasteiger partial charge >= 0.3 is 0 Å². The van der Waals surface area contributed by atoms with E-state index in [0.717, 1.165) is 28.8 Å². The molecule has 0 radical (unpaired) electrons. The molecule has 1 aliphatic rings. The van der Waals surface area contributed by atoms with Gasteiger partial charge in [-0.3, -0.25) is 0 Å². The average Bonchev–Trinajstić information content (AvgIpc) is 2.36. The Morgan fingerprint density at radius 2 is 2.11 bits per heavy atom. The Kier molecular flexibility index (Phi) is 3.05. The van der Waals surface area contributed by atoms with Crippen molar-refractivity contribution in [1.29, 1.82) is 0 Å². The van der Waals surface area contributed by atoms with E-state index in [0.29, 0.717) is 17.1 Å². The molecule has 0 aliphatic carbocycles. The van der Waals surface area contributed by atoms with E-state index in [2.05, 4.69) is 40.9 Å². The molecule has 0 aromatic carbocycles. The maximum atomic E-state index is 6.03. The smallest absolute Gasteiger partial charge is 0.160 e. The van der Waals surface area contributed by atoms with Crippen molar-refractivity contribution in [3.8, 4) is 0 Å². The molecule has 1 saturated heterocycles. The number of nitrogens with zero attached hydrogens (tertiary/aromatic N) is 4. The van der Waals surface area contributed by atoms with Gasteiger partial charge in [-0.2, -0.15) is 5.10 Å². The molecule has 2 aromatic heterocycles. The van der Waals surface area contributed by atoms with Gasteiger partial charge in [-0.15, -0.1) is 5.10 Å². The number of hydrogen-bond donors (Lipinski definition) is 0. The highest BCUT2D eigenvalue weighted by Gasteiger charge is 2.27. The summed E-state index contributed by atoms with van der Waals surface area (Å²) in [5.74, 6) is 1.25. The lowest BCUT2D eigenvalue weighted by Crippen LogP contribution is -2.46. The van der Waals surface area contributed by atoms with Gasteiger partial charge in [0.2, 0.25) is 0 Å². The van der Waals surface area contributed by atoms with E-state index in [1.54, 1.807) is 0 Å². The van der Waals surface area contributed by atoms with E-state index in [4.69, 9.17) is 11.6 Å². The highest BCUT2D eigenvalue weighted by atomic mass is 35.5. The van der Waals surface area contributed by atoms with Crippen LogP contribution in [0.5, 0.6) is 0 Å². The summed E-state index contributed by atoms with van der Waals surface area (Å²) in [4.78, 5) is 6.48. The number of anilines is 1. The maximum Gasteiger partial charge on any atom is 0.160 e. The molecule has 1 unspecified atom stereocenters. The number of fused-ring (bicyclic) bond motifs is 1. The predicted molar refractivity (Wildman–Crippen MR) is 77.9 cm³/mol. The zero-order valence-electron chi connectivity index (χ0n) is 11.4. The van der Waals surface area contributed by atoms with Gasteiger partial charge in [0, 0.05) is 29.6 Å². The quantitative estimate of drug-likeness (QED) is 0.789. The van der Waals surface area contributed by atoms with Crippen LogP contribution in [-0.4, -0.2) is 27.8 Å². The van der Waals surface area contributed by atoms with E-state index in [1.807, 2.05) is 12.3 Å². The van der Waals surface area contributed by atoms with Crippen LogP contribution < -0.4 is 4.90 Å². The van der Waals surface area contributed by atoms with Crippen LogP contribution in [0.2, 0.25) is 5.15 Å². The van der Waals surface area contributed by atoms with Gasteiger partial charge in [-0.1, -0.05) is 25.4 Å². The van der Waals surface area contributed by atoms with Crippen LogP contribution in [0.1, 0.15) is 38.8 Å². The molecule has 2 aromatic rings. The number of hydrogen-bond acceptors (Lipinski definition) is 4. The SMILES string of the molecule is CC(C)c1nnc(N2CCC2C)c2cnc(Cl)cc12. The van der Waals surface area contributed by atoms with Gasteiger partial charge in [0.15, 0.2) is 5.82 Å². The fraction of sp³-hybridized carbons (Fsp3) is 0.500. The monoisotopic (exact) mass is 276 g/mol. The van der Waals surface area contributed by atoms with Crippen LogP contribution in [0.15, 0.2) is 12.3 Å². The molecular weight excluding hydrogens is 260 g/mol. The molecule has 1 aliphatic heterocycles. The van der Waals surface area contributed by atoms with Crippen LogP contribution in [-0.2, 0) is 0 Å². The van der Waals surface area contributed by atoms with Crippen LogP contribution in [0.25, 0.3) is 10.8 Å². The summed E-state index contributed by atoms with van der Waals surface area (Å²) in [6.45, 7) is 7.47. The second-order valence-corrected chi connectivity index (χ2v) is 5.83. The Morgan fingerprint density at radius 3 is 2.68 bits per heavy atom. The van der Waals surface area contributed by atoms with Crippen molar-refractivity contribution in [3.63, 3.8) is 0 Å². The Morgan fingerprint density at radius 1 is 1.32 bits per heavy atom. The zero-order valence-corrected chi connectivity index (χ0v) is 12.1.